The van der Waals surface area contributed by atoms with Crippen molar-refractivity contribution < 1.29 is 9.21 Å². The number of nitrogens with one attached hydrogen (secondary N) is 1. The Bertz CT molecular complexity index is 587. The van der Waals surface area contributed by atoms with Gasteiger partial charge in [0.2, 0.25) is 5.91 Å². The van der Waals surface area contributed by atoms with E-state index in [4.69, 9.17) is 10.2 Å². The Balaban J connectivity index is 0.00000242. The van der Waals surface area contributed by atoms with E-state index in [1.54, 1.807) is 6.20 Å². The van der Waals surface area contributed by atoms with Crippen LogP contribution in [0.25, 0.3) is 11.3 Å². The van der Waals surface area contributed by atoms with E-state index in [1.807, 2.05) is 38.1 Å². The molecule has 0 radical (unpaired) electrons. The largest absolute Gasteiger partial charge is 0.444 e. The predicted octanol–water partition coefficient (Wildman–Crippen LogP) is 3.47. The third-order valence-electron chi connectivity index (χ3n) is 4.06. The lowest BCUT2D eigenvalue weighted by atomic mass is 9.81. The van der Waals surface area contributed by atoms with E-state index in [0.717, 1.165) is 11.3 Å². The zero-order valence-electron chi connectivity index (χ0n) is 12.8. The molecule has 0 aliphatic carbocycles. The first-order valence-electron chi connectivity index (χ1n) is 7.15. The Morgan fingerprint density at radius 1 is 1.36 bits per heavy atom. The van der Waals surface area contributed by atoms with Gasteiger partial charge >= 0.3 is 0 Å². The van der Waals surface area contributed by atoms with Gasteiger partial charge in [-0.3, -0.25) is 4.79 Å². The number of aromatic nitrogens is 1. The van der Waals surface area contributed by atoms with Crippen molar-refractivity contribution in [2.24, 2.45) is 11.1 Å². The molecule has 1 heterocycles. The molecule has 0 aliphatic rings. The quantitative estimate of drug-likeness (QED) is 0.853. The lowest BCUT2D eigenvalue weighted by Gasteiger charge is -2.28. The fourth-order valence-electron chi connectivity index (χ4n) is 2.32. The number of nitrogens with two attached hydrogens (primary N) is 1. The van der Waals surface area contributed by atoms with Crippen LogP contribution in [0.3, 0.4) is 0 Å². The van der Waals surface area contributed by atoms with Gasteiger partial charge in [0.05, 0.1) is 11.6 Å². The van der Waals surface area contributed by atoms with Gasteiger partial charge in [-0.2, -0.15) is 0 Å². The van der Waals surface area contributed by atoms with Gasteiger partial charge < -0.3 is 15.5 Å². The molecular formula is C16H22ClN3O2. The average molecular weight is 324 g/mol. The summed E-state index contributed by atoms with van der Waals surface area (Å²) in [6.07, 6.45) is 4.46. The number of nitrogens with zero attached hydrogens (tertiary/aromatic N) is 1. The molecule has 2 rings (SSSR count). The third-order valence-corrected chi connectivity index (χ3v) is 4.06. The number of hydrogen-bond donors (Lipinski definition) is 2. The molecule has 1 aromatic heterocycles. The van der Waals surface area contributed by atoms with Crippen LogP contribution in [-0.4, -0.2) is 17.4 Å². The number of hydrogen-bond acceptors (Lipinski definition) is 4. The van der Waals surface area contributed by atoms with Gasteiger partial charge in [-0.25, -0.2) is 4.98 Å². The molecule has 0 fully saturated rings. The Morgan fingerprint density at radius 2 is 2.09 bits per heavy atom. The molecule has 0 bridgehead atoms. The molecule has 0 saturated heterocycles. The molecule has 120 valence electrons. The van der Waals surface area contributed by atoms with Crippen LogP contribution < -0.4 is 11.1 Å². The summed E-state index contributed by atoms with van der Waals surface area (Å²) < 4.78 is 5.27. The second-order valence-corrected chi connectivity index (χ2v) is 5.09. The summed E-state index contributed by atoms with van der Waals surface area (Å²) >= 11 is 0. The minimum Gasteiger partial charge on any atom is -0.444 e. The Morgan fingerprint density at radius 3 is 2.64 bits per heavy atom. The number of oxazole rings is 1. The molecule has 0 spiro atoms. The number of rotatable bonds is 6. The molecule has 1 amide bonds. The molecule has 5 nitrogen and oxygen atoms in total. The number of anilines is 1. The van der Waals surface area contributed by atoms with Crippen LogP contribution in [-0.2, 0) is 4.79 Å². The number of carbonyl (C=O) groups is 1. The third kappa shape index (κ3) is 3.67. The van der Waals surface area contributed by atoms with Gasteiger partial charge in [-0.1, -0.05) is 26.0 Å². The molecule has 0 aliphatic heterocycles. The van der Waals surface area contributed by atoms with E-state index in [2.05, 4.69) is 10.3 Å². The average Bonchev–Trinajstić information content (AvgIpc) is 3.04. The highest BCUT2D eigenvalue weighted by Gasteiger charge is 2.33. The van der Waals surface area contributed by atoms with Crippen molar-refractivity contribution in [3.8, 4) is 11.3 Å². The maximum atomic E-state index is 12.5. The molecule has 22 heavy (non-hydrogen) atoms. The summed E-state index contributed by atoms with van der Waals surface area (Å²) in [6.45, 7) is 4.31. The van der Waals surface area contributed by atoms with Gasteiger partial charge in [-0.15, -0.1) is 12.4 Å². The Hall–Kier alpha value is -1.85. The fourth-order valence-corrected chi connectivity index (χ4v) is 2.32. The van der Waals surface area contributed by atoms with Crippen LogP contribution >= 0.6 is 12.4 Å². The monoisotopic (exact) mass is 323 g/mol. The highest BCUT2D eigenvalue weighted by atomic mass is 35.5. The van der Waals surface area contributed by atoms with Crippen LogP contribution in [0.2, 0.25) is 0 Å². The normalized spacial score (nSPS) is 10.9. The summed E-state index contributed by atoms with van der Waals surface area (Å²) in [5, 5.41) is 2.96. The molecule has 1 aromatic carbocycles. The van der Waals surface area contributed by atoms with Crippen molar-refractivity contribution in [1.29, 1.82) is 0 Å². The first-order chi connectivity index (χ1) is 10.1. The zero-order valence-corrected chi connectivity index (χ0v) is 13.7. The van der Waals surface area contributed by atoms with E-state index >= 15 is 0 Å². The van der Waals surface area contributed by atoms with E-state index in [9.17, 15) is 4.79 Å². The number of carbonyl (C=O) groups excluding carboxylic acids is 1. The van der Waals surface area contributed by atoms with Gasteiger partial charge in [0.25, 0.3) is 0 Å². The first kappa shape index (κ1) is 18.2. The second kappa shape index (κ2) is 7.96. The van der Waals surface area contributed by atoms with Crippen molar-refractivity contribution in [3.05, 3.63) is 36.9 Å². The minimum atomic E-state index is -0.512. The van der Waals surface area contributed by atoms with E-state index in [0.29, 0.717) is 25.1 Å². The maximum absolute atomic E-state index is 12.5. The summed E-state index contributed by atoms with van der Waals surface area (Å²) in [6, 6.07) is 7.50. The molecular weight excluding hydrogens is 302 g/mol. The standard InChI is InChI=1S/C16H21N3O2.ClH/c1-3-16(4-2,10-17)15(20)19-13-7-5-6-12(8-13)14-9-18-11-21-14;/h5-9,11H,3-4,10,17H2,1-2H3,(H,19,20);1H. The predicted molar refractivity (Wildman–Crippen MR) is 89.9 cm³/mol. The van der Waals surface area contributed by atoms with Crippen LogP contribution in [0.15, 0.2) is 41.3 Å². The topological polar surface area (TPSA) is 81.2 Å². The molecule has 3 N–H and O–H groups in total. The number of amides is 1. The smallest absolute Gasteiger partial charge is 0.231 e. The van der Waals surface area contributed by atoms with E-state index in [-0.39, 0.29) is 18.3 Å². The first-order valence-corrected chi connectivity index (χ1v) is 7.15. The highest BCUT2D eigenvalue weighted by Crippen LogP contribution is 2.28. The van der Waals surface area contributed by atoms with Gasteiger partial charge in [0, 0.05) is 17.8 Å². The van der Waals surface area contributed by atoms with Crippen molar-refractivity contribution in [1.82, 2.24) is 4.98 Å². The molecule has 0 atom stereocenters. The van der Waals surface area contributed by atoms with Crippen LogP contribution in [0.5, 0.6) is 0 Å². The second-order valence-electron chi connectivity index (χ2n) is 5.09. The van der Waals surface area contributed by atoms with Gasteiger partial charge in [-0.05, 0) is 25.0 Å². The minimum absolute atomic E-state index is 0. The van der Waals surface area contributed by atoms with Crippen molar-refractivity contribution in [2.45, 2.75) is 26.7 Å². The van der Waals surface area contributed by atoms with Crippen LogP contribution in [0.4, 0.5) is 5.69 Å². The zero-order chi connectivity index (χ0) is 15.3. The fraction of sp³-hybridized carbons (Fsp3) is 0.375. The van der Waals surface area contributed by atoms with Gasteiger partial charge in [0.15, 0.2) is 12.2 Å². The van der Waals surface area contributed by atoms with E-state index in [1.165, 1.54) is 6.39 Å². The van der Waals surface area contributed by atoms with E-state index < -0.39 is 5.41 Å². The molecule has 0 unspecified atom stereocenters. The summed E-state index contributed by atoms with van der Waals surface area (Å²) in [4.78, 5) is 16.4. The summed E-state index contributed by atoms with van der Waals surface area (Å²) in [5.74, 6) is 0.631. The lowest BCUT2D eigenvalue weighted by Crippen LogP contribution is -2.41. The van der Waals surface area contributed by atoms with Crippen molar-refractivity contribution >= 4 is 24.0 Å². The van der Waals surface area contributed by atoms with Gasteiger partial charge in [0.1, 0.15) is 0 Å². The van der Waals surface area contributed by atoms with Crippen molar-refractivity contribution in [3.63, 3.8) is 0 Å². The summed E-state index contributed by atoms with van der Waals surface area (Å²) in [5.41, 5.74) is 6.90. The van der Waals surface area contributed by atoms with Crippen molar-refractivity contribution in [2.75, 3.05) is 11.9 Å². The maximum Gasteiger partial charge on any atom is 0.231 e. The Labute approximate surface area is 136 Å². The lowest BCUT2D eigenvalue weighted by molar-refractivity contribution is -0.125. The number of halogens is 1. The molecule has 0 saturated carbocycles. The SMILES string of the molecule is CCC(CC)(CN)C(=O)Nc1cccc(-c2cnco2)c1.Cl. The van der Waals surface area contributed by atoms with Crippen LogP contribution in [0.1, 0.15) is 26.7 Å². The molecule has 6 heteroatoms. The highest BCUT2D eigenvalue weighted by molar-refractivity contribution is 5.96. The molecule has 2 aromatic rings. The Kier molecular flexibility index (Phi) is 6.59. The summed E-state index contributed by atoms with van der Waals surface area (Å²) in [7, 11) is 0. The van der Waals surface area contributed by atoms with Crippen LogP contribution in [0, 0.1) is 5.41 Å². The number of benzene rings is 1.